The topological polar surface area (TPSA) is 84.6 Å². The van der Waals surface area contributed by atoms with Crippen molar-refractivity contribution < 1.29 is 9.72 Å². The van der Waals surface area contributed by atoms with Gasteiger partial charge in [0.15, 0.2) is 0 Å². The number of nitrogens with one attached hydrogen (secondary N) is 1. The highest BCUT2D eigenvalue weighted by Gasteiger charge is 2.52. The molecule has 6 nitrogen and oxygen atoms in total. The van der Waals surface area contributed by atoms with Crippen molar-refractivity contribution in [3.63, 3.8) is 0 Å². The van der Waals surface area contributed by atoms with E-state index in [4.69, 9.17) is 0 Å². The molecule has 5 rings (SSSR count). The highest BCUT2D eigenvalue weighted by atomic mass is 16.6. The van der Waals surface area contributed by atoms with Gasteiger partial charge >= 0.3 is 0 Å². The van der Waals surface area contributed by atoms with Crippen molar-refractivity contribution in [3.05, 3.63) is 39.9 Å². The number of para-hydroxylation sites is 1. The van der Waals surface area contributed by atoms with Crippen molar-refractivity contribution in [2.24, 2.45) is 28.3 Å². The minimum Gasteiger partial charge on any atom is -0.267 e. The van der Waals surface area contributed by atoms with E-state index in [9.17, 15) is 14.9 Å². The molecule has 4 bridgehead atoms. The molecule has 4 aliphatic carbocycles. The van der Waals surface area contributed by atoms with Crippen LogP contribution in [-0.4, -0.2) is 16.5 Å². The Balaban J connectivity index is 1.52. The standard InChI is InChI=1S/C19H23N3O3/c1-12(19-9-13-6-14(10-19)8-15(7-13)11-19)20-21-18(23)16-4-2-3-5-17(16)22(24)25/h2-5,13-15H,6-11H2,1H3,(H,21,23)/b20-12-. The van der Waals surface area contributed by atoms with Crippen LogP contribution in [0.2, 0.25) is 0 Å². The van der Waals surface area contributed by atoms with E-state index in [-0.39, 0.29) is 16.7 Å². The third-order valence-corrected chi connectivity index (χ3v) is 6.48. The third-order valence-electron chi connectivity index (χ3n) is 6.48. The first-order chi connectivity index (χ1) is 12.0. The van der Waals surface area contributed by atoms with Gasteiger partial charge in [0.25, 0.3) is 11.6 Å². The van der Waals surface area contributed by atoms with Gasteiger partial charge in [-0.25, -0.2) is 5.43 Å². The summed E-state index contributed by atoms with van der Waals surface area (Å²) in [5, 5.41) is 15.5. The molecule has 4 aliphatic rings. The van der Waals surface area contributed by atoms with Crippen LogP contribution in [-0.2, 0) is 0 Å². The predicted molar refractivity (Wildman–Crippen MR) is 94.3 cm³/mol. The van der Waals surface area contributed by atoms with Gasteiger partial charge in [-0.05, 0) is 69.3 Å². The molecule has 0 unspecified atom stereocenters. The Morgan fingerprint density at radius 3 is 2.28 bits per heavy atom. The quantitative estimate of drug-likeness (QED) is 0.512. The van der Waals surface area contributed by atoms with Gasteiger partial charge in [-0.2, -0.15) is 5.10 Å². The summed E-state index contributed by atoms with van der Waals surface area (Å²) in [6.07, 6.45) is 7.60. The smallest absolute Gasteiger partial charge is 0.267 e. The fourth-order valence-electron chi connectivity index (χ4n) is 5.69. The fraction of sp³-hybridized carbons (Fsp3) is 0.579. The predicted octanol–water partition coefficient (Wildman–Crippen LogP) is 3.92. The van der Waals surface area contributed by atoms with Crippen LogP contribution in [0.5, 0.6) is 0 Å². The van der Waals surface area contributed by atoms with Crippen molar-refractivity contribution in [1.82, 2.24) is 5.43 Å². The maximum absolute atomic E-state index is 12.4. The molecule has 1 N–H and O–H groups in total. The van der Waals surface area contributed by atoms with Crippen molar-refractivity contribution in [3.8, 4) is 0 Å². The average molecular weight is 341 g/mol. The fourth-order valence-corrected chi connectivity index (χ4v) is 5.69. The Bertz CT molecular complexity index is 721. The summed E-state index contributed by atoms with van der Waals surface area (Å²) in [6, 6.07) is 5.98. The van der Waals surface area contributed by atoms with E-state index in [1.807, 2.05) is 6.92 Å². The second-order valence-corrected chi connectivity index (χ2v) is 8.11. The zero-order chi connectivity index (χ0) is 17.6. The van der Waals surface area contributed by atoms with Crippen LogP contribution in [0.4, 0.5) is 5.69 Å². The van der Waals surface area contributed by atoms with Gasteiger partial charge in [0, 0.05) is 17.2 Å². The number of carbonyl (C=O) groups excluding carboxylic acids is 1. The number of carbonyl (C=O) groups is 1. The molecule has 25 heavy (non-hydrogen) atoms. The minimum absolute atomic E-state index is 0.0505. The molecule has 0 radical (unpaired) electrons. The van der Waals surface area contributed by atoms with Gasteiger partial charge in [0.1, 0.15) is 5.56 Å². The van der Waals surface area contributed by atoms with Gasteiger partial charge in [0.05, 0.1) is 4.92 Å². The number of nitrogens with zero attached hydrogens (tertiary/aromatic N) is 2. The van der Waals surface area contributed by atoms with Crippen LogP contribution in [0.25, 0.3) is 0 Å². The molecule has 0 spiro atoms. The van der Waals surface area contributed by atoms with Gasteiger partial charge in [-0.1, -0.05) is 12.1 Å². The molecule has 0 aromatic heterocycles. The van der Waals surface area contributed by atoms with E-state index >= 15 is 0 Å². The molecule has 1 aromatic rings. The summed E-state index contributed by atoms with van der Waals surface area (Å²) in [5.41, 5.74) is 3.54. The molecule has 0 aliphatic heterocycles. The summed E-state index contributed by atoms with van der Waals surface area (Å²) in [5.74, 6) is 1.91. The van der Waals surface area contributed by atoms with E-state index in [1.54, 1.807) is 12.1 Å². The zero-order valence-electron chi connectivity index (χ0n) is 14.4. The van der Waals surface area contributed by atoms with Crippen LogP contribution in [0.3, 0.4) is 0 Å². The average Bonchev–Trinajstić information content (AvgIpc) is 2.58. The first-order valence-corrected chi connectivity index (χ1v) is 9.05. The number of hydrogen-bond acceptors (Lipinski definition) is 4. The molecule has 4 saturated carbocycles. The lowest BCUT2D eigenvalue weighted by atomic mass is 9.48. The lowest BCUT2D eigenvalue weighted by molar-refractivity contribution is -0.385. The first-order valence-electron chi connectivity index (χ1n) is 9.05. The third kappa shape index (κ3) is 2.83. The monoisotopic (exact) mass is 341 g/mol. The van der Waals surface area contributed by atoms with E-state index in [0.717, 1.165) is 23.5 Å². The molecular formula is C19H23N3O3. The number of hydrogen-bond donors (Lipinski definition) is 1. The SMILES string of the molecule is C/C(=N/NC(=O)c1ccccc1[N+](=O)[O-])C12CC3CC(CC(C3)C1)C2. The number of rotatable bonds is 4. The Morgan fingerprint density at radius 2 is 1.72 bits per heavy atom. The summed E-state index contributed by atoms with van der Waals surface area (Å²) in [6.45, 7) is 2.01. The lowest BCUT2D eigenvalue weighted by Gasteiger charge is -2.56. The Kier molecular flexibility index (Phi) is 3.85. The zero-order valence-corrected chi connectivity index (χ0v) is 14.4. The molecule has 0 heterocycles. The highest BCUT2D eigenvalue weighted by molar-refractivity contribution is 5.99. The molecule has 4 fully saturated rings. The summed E-state index contributed by atoms with van der Waals surface area (Å²) < 4.78 is 0. The van der Waals surface area contributed by atoms with Crippen LogP contribution in [0, 0.1) is 33.3 Å². The summed E-state index contributed by atoms with van der Waals surface area (Å²) >= 11 is 0. The number of nitro groups is 1. The highest BCUT2D eigenvalue weighted by Crippen LogP contribution is 2.60. The van der Waals surface area contributed by atoms with Crippen LogP contribution in [0.15, 0.2) is 29.4 Å². The summed E-state index contributed by atoms with van der Waals surface area (Å²) in [7, 11) is 0. The second-order valence-electron chi connectivity index (χ2n) is 8.11. The van der Waals surface area contributed by atoms with E-state index < -0.39 is 10.8 Å². The number of benzene rings is 1. The largest absolute Gasteiger partial charge is 0.282 e. The van der Waals surface area contributed by atoms with Crippen molar-refractivity contribution in [1.29, 1.82) is 0 Å². The molecule has 0 saturated heterocycles. The number of nitro benzene ring substituents is 1. The molecule has 1 aromatic carbocycles. The van der Waals surface area contributed by atoms with Gasteiger partial charge in [-0.15, -0.1) is 0 Å². The molecule has 1 amide bonds. The van der Waals surface area contributed by atoms with Crippen LogP contribution in [0.1, 0.15) is 55.8 Å². The van der Waals surface area contributed by atoms with Gasteiger partial charge in [0.2, 0.25) is 0 Å². The van der Waals surface area contributed by atoms with Crippen LogP contribution < -0.4 is 5.43 Å². The Morgan fingerprint density at radius 1 is 1.16 bits per heavy atom. The normalized spacial score (nSPS) is 33.3. The Labute approximate surface area is 146 Å². The lowest BCUT2D eigenvalue weighted by Crippen LogP contribution is -2.49. The van der Waals surface area contributed by atoms with E-state index in [1.165, 1.54) is 50.7 Å². The number of amides is 1. The molecule has 132 valence electrons. The van der Waals surface area contributed by atoms with E-state index in [2.05, 4.69) is 10.5 Å². The maximum Gasteiger partial charge on any atom is 0.282 e. The first kappa shape index (κ1) is 16.2. The van der Waals surface area contributed by atoms with Crippen molar-refractivity contribution in [2.75, 3.05) is 0 Å². The summed E-state index contributed by atoms with van der Waals surface area (Å²) in [4.78, 5) is 22.9. The van der Waals surface area contributed by atoms with E-state index in [0.29, 0.717) is 0 Å². The van der Waals surface area contributed by atoms with Gasteiger partial charge in [-0.3, -0.25) is 14.9 Å². The van der Waals surface area contributed by atoms with Crippen molar-refractivity contribution in [2.45, 2.75) is 45.4 Å². The second kappa shape index (κ2) is 5.93. The Hall–Kier alpha value is -2.24. The number of hydrazone groups is 1. The van der Waals surface area contributed by atoms with Gasteiger partial charge < -0.3 is 0 Å². The molecule has 0 atom stereocenters. The molecule has 6 heteroatoms. The van der Waals surface area contributed by atoms with Crippen LogP contribution >= 0.6 is 0 Å². The van der Waals surface area contributed by atoms with Crippen molar-refractivity contribution >= 4 is 17.3 Å². The maximum atomic E-state index is 12.4. The molecular weight excluding hydrogens is 318 g/mol. The minimum atomic E-state index is -0.537.